The van der Waals surface area contributed by atoms with Crippen LogP contribution in [0, 0.1) is 13.8 Å². The number of hydrogen-bond acceptors (Lipinski definition) is 6. The summed E-state index contributed by atoms with van der Waals surface area (Å²) >= 11 is 0. The first kappa shape index (κ1) is 10.5. The average molecular weight is 219 g/mol. The summed E-state index contributed by atoms with van der Waals surface area (Å²) in [4.78, 5) is 12.5. The lowest BCUT2D eigenvalue weighted by Crippen LogP contribution is -2.10. The molecule has 0 amide bonds. The fourth-order valence-corrected chi connectivity index (χ4v) is 1.38. The van der Waals surface area contributed by atoms with Crippen LogP contribution in [0.4, 0.5) is 5.82 Å². The van der Waals surface area contributed by atoms with Gasteiger partial charge in [-0.25, -0.2) is 20.5 Å². The van der Waals surface area contributed by atoms with Crippen molar-refractivity contribution in [2.45, 2.75) is 20.4 Å². The zero-order chi connectivity index (χ0) is 11.5. The fraction of sp³-hybridized carbons (Fsp3) is 0.333. The smallest absolute Gasteiger partial charge is 0.158 e. The van der Waals surface area contributed by atoms with Crippen LogP contribution in [0.15, 0.2) is 12.4 Å². The monoisotopic (exact) mass is 219 g/mol. The summed E-state index contributed by atoms with van der Waals surface area (Å²) in [5, 5.41) is 4.25. The van der Waals surface area contributed by atoms with E-state index in [2.05, 4.69) is 25.5 Å². The van der Waals surface area contributed by atoms with Crippen molar-refractivity contribution < 1.29 is 0 Å². The fourth-order valence-electron chi connectivity index (χ4n) is 1.38. The highest BCUT2D eigenvalue weighted by Crippen LogP contribution is 2.03. The van der Waals surface area contributed by atoms with Crippen LogP contribution in [0.3, 0.4) is 0 Å². The lowest BCUT2D eigenvalue weighted by Gasteiger charge is -2.03. The number of nitrogens with two attached hydrogens (primary N) is 1. The van der Waals surface area contributed by atoms with Crippen molar-refractivity contribution in [1.82, 2.24) is 24.7 Å². The molecule has 2 aromatic rings. The van der Waals surface area contributed by atoms with Crippen LogP contribution in [0.2, 0.25) is 0 Å². The Morgan fingerprint density at radius 1 is 1.31 bits per heavy atom. The third kappa shape index (κ3) is 2.14. The van der Waals surface area contributed by atoms with E-state index in [9.17, 15) is 0 Å². The minimum Gasteiger partial charge on any atom is -0.307 e. The van der Waals surface area contributed by atoms with Gasteiger partial charge in [0.2, 0.25) is 0 Å². The van der Waals surface area contributed by atoms with Crippen LogP contribution >= 0.6 is 0 Å². The molecule has 3 N–H and O–H groups in total. The molecule has 0 aromatic carbocycles. The van der Waals surface area contributed by atoms with E-state index in [0.29, 0.717) is 12.4 Å². The van der Waals surface area contributed by atoms with Gasteiger partial charge in [0.1, 0.15) is 11.6 Å². The number of anilines is 1. The van der Waals surface area contributed by atoms with E-state index in [1.165, 1.54) is 0 Å². The largest absolute Gasteiger partial charge is 0.307 e. The van der Waals surface area contributed by atoms with Crippen molar-refractivity contribution in [3.63, 3.8) is 0 Å². The Bertz CT molecular complexity index is 473. The maximum absolute atomic E-state index is 5.20. The predicted molar refractivity (Wildman–Crippen MR) is 58.4 cm³/mol. The lowest BCUT2D eigenvalue weighted by atomic mass is 10.4. The first-order valence-electron chi connectivity index (χ1n) is 4.84. The Morgan fingerprint density at radius 3 is 2.62 bits per heavy atom. The molecule has 7 heteroatoms. The van der Waals surface area contributed by atoms with E-state index in [-0.39, 0.29) is 0 Å². The van der Waals surface area contributed by atoms with Gasteiger partial charge in [-0.15, -0.1) is 0 Å². The third-order valence-electron chi connectivity index (χ3n) is 2.13. The van der Waals surface area contributed by atoms with E-state index >= 15 is 0 Å². The number of nitrogens with one attached hydrogen (secondary N) is 1. The molecule has 0 saturated heterocycles. The number of hydrazine groups is 1. The van der Waals surface area contributed by atoms with Crippen molar-refractivity contribution >= 4 is 5.82 Å². The highest BCUT2D eigenvalue weighted by Gasteiger charge is 2.04. The lowest BCUT2D eigenvalue weighted by molar-refractivity contribution is 0.642. The molecule has 16 heavy (non-hydrogen) atoms. The predicted octanol–water partition coefficient (Wildman–Crippen LogP) is 0.0188. The normalized spacial score (nSPS) is 10.4. The Labute approximate surface area is 92.7 Å². The topological polar surface area (TPSA) is 94.5 Å². The molecular formula is C9H13N7. The highest BCUT2D eigenvalue weighted by atomic mass is 15.3. The van der Waals surface area contributed by atoms with Crippen molar-refractivity contribution in [2.75, 3.05) is 5.43 Å². The molecule has 0 aliphatic rings. The summed E-state index contributed by atoms with van der Waals surface area (Å²) in [6.45, 7) is 4.32. The van der Waals surface area contributed by atoms with Crippen LogP contribution in [0.5, 0.6) is 0 Å². The standard InChI is InChI=1S/C9H13N7/c1-6-13-7(2)16(15-6)5-8-3-12-9(14-10)4-11-8/h3-4H,5,10H2,1-2H3,(H,12,14). The number of hydrogen-bond donors (Lipinski definition) is 2. The van der Waals surface area contributed by atoms with Crippen LogP contribution < -0.4 is 11.3 Å². The molecule has 2 heterocycles. The maximum Gasteiger partial charge on any atom is 0.158 e. The first-order valence-corrected chi connectivity index (χ1v) is 4.84. The molecule has 0 atom stereocenters. The molecule has 0 unspecified atom stereocenters. The van der Waals surface area contributed by atoms with Crippen LogP contribution in [-0.2, 0) is 6.54 Å². The highest BCUT2D eigenvalue weighted by molar-refractivity contribution is 5.28. The van der Waals surface area contributed by atoms with Gasteiger partial charge in [0.25, 0.3) is 0 Å². The minimum absolute atomic E-state index is 0.537. The van der Waals surface area contributed by atoms with Gasteiger partial charge >= 0.3 is 0 Å². The number of aryl methyl sites for hydroxylation is 2. The number of nitrogens with zero attached hydrogens (tertiary/aromatic N) is 5. The number of nitrogen functional groups attached to an aromatic ring is 1. The van der Waals surface area contributed by atoms with E-state index in [4.69, 9.17) is 5.84 Å². The average Bonchev–Trinajstić information content (AvgIpc) is 2.59. The van der Waals surface area contributed by atoms with E-state index in [1.807, 2.05) is 13.8 Å². The SMILES string of the molecule is Cc1nc(C)n(Cc2cnc(NN)cn2)n1. The van der Waals surface area contributed by atoms with Gasteiger partial charge in [-0.3, -0.25) is 4.98 Å². The molecule has 84 valence electrons. The molecule has 0 spiro atoms. The number of rotatable bonds is 3. The molecule has 0 bridgehead atoms. The van der Waals surface area contributed by atoms with Gasteiger partial charge in [0.15, 0.2) is 5.82 Å². The van der Waals surface area contributed by atoms with Crippen LogP contribution in [0.25, 0.3) is 0 Å². The molecule has 0 radical (unpaired) electrons. The summed E-state index contributed by atoms with van der Waals surface area (Å²) in [5.41, 5.74) is 3.24. The Morgan fingerprint density at radius 2 is 2.12 bits per heavy atom. The molecule has 0 saturated carbocycles. The summed E-state index contributed by atoms with van der Waals surface area (Å²) in [5.74, 6) is 7.35. The van der Waals surface area contributed by atoms with Gasteiger partial charge in [0.05, 0.1) is 24.6 Å². The molecule has 7 nitrogen and oxygen atoms in total. The van der Waals surface area contributed by atoms with E-state index in [0.717, 1.165) is 17.3 Å². The quantitative estimate of drug-likeness (QED) is 0.558. The zero-order valence-corrected chi connectivity index (χ0v) is 9.18. The number of aromatic nitrogens is 5. The molecule has 0 fully saturated rings. The Kier molecular flexibility index (Phi) is 2.78. The molecule has 2 rings (SSSR count). The second-order valence-corrected chi connectivity index (χ2v) is 3.40. The molecule has 0 aliphatic heterocycles. The van der Waals surface area contributed by atoms with Crippen molar-refractivity contribution in [1.29, 1.82) is 0 Å². The zero-order valence-electron chi connectivity index (χ0n) is 9.18. The summed E-state index contributed by atoms with van der Waals surface area (Å²) in [6.07, 6.45) is 3.24. The molecular weight excluding hydrogens is 206 g/mol. The summed E-state index contributed by atoms with van der Waals surface area (Å²) < 4.78 is 1.79. The van der Waals surface area contributed by atoms with Crippen molar-refractivity contribution in [3.8, 4) is 0 Å². The first-order chi connectivity index (χ1) is 7.69. The summed E-state index contributed by atoms with van der Waals surface area (Å²) in [7, 11) is 0. The van der Waals surface area contributed by atoms with Gasteiger partial charge in [-0.2, -0.15) is 5.10 Å². The third-order valence-corrected chi connectivity index (χ3v) is 2.13. The van der Waals surface area contributed by atoms with Gasteiger partial charge in [-0.05, 0) is 13.8 Å². The minimum atomic E-state index is 0.537. The van der Waals surface area contributed by atoms with E-state index < -0.39 is 0 Å². The van der Waals surface area contributed by atoms with Gasteiger partial charge in [0, 0.05) is 0 Å². The van der Waals surface area contributed by atoms with Gasteiger partial charge in [-0.1, -0.05) is 0 Å². The molecule has 2 aromatic heterocycles. The molecule has 0 aliphatic carbocycles. The maximum atomic E-state index is 5.20. The second-order valence-electron chi connectivity index (χ2n) is 3.40. The second kappa shape index (κ2) is 4.23. The van der Waals surface area contributed by atoms with E-state index in [1.54, 1.807) is 17.1 Å². The van der Waals surface area contributed by atoms with Crippen molar-refractivity contribution in [2.24, 2.45) is 5.84 Å². The Hall–Kier alpha value is -2.02. The van der Waals surface area contributed by atoms with Crippen LogP contribution in [-0.4, -0.2) is 24.7 Å². The van der Waals surface area contributed by atoms with Crippen LogP contribution in [0.1, 0.15) is 17.3 Å². The van der Waals surface area contributed by atoms with Gasteiger partial charge < -0.3 is 5.43 Å². The van der Waals surface area contributed by atoms with Crippen molar-refractivity contribution in [3.05, 3.63) is 29.7 Å². The Balaban J connectivity index is 2.17. The summed E-state index contributed by atoms with van der Waals surface area (Å²) in [6, 6.07) is 0.